The molecule has 0 bridgehead atoms. The number of halogens is 3. The Balaban J connectivity index is 1.95. The van der Waals surface area contributed by atoms with Gasteiger partial charge in [0, 0.05) is 11.6 Å². The van der Waals surface area contributed by atoms with Crippen LogP contribution in [0.2, 0.25) is 0 Å². The molecular formula is C15H16F3N3O. The van der Waals surface area contributed by atoms with Crippen molar-refractivity contribution in [3.63, 3.8) is 0 Å². The first-order valence-corrected chi connectivity index (χ1v) is 7.13. The van der Waals surface area contributed by atoms with E-state index in [0.717, 1.165) is 31.1 Å². The fraction of sp³-hybridized carbons (Fsp3) is 0.467. The summed E-state index contributed by atoms with van der Waals surface area (Å²) in [6, 6.07) is 1.36. The van der Waals surface area contributed by atoms with E-state index in [-0.39, 0.29) is 5.56 Å². The summed E-state index contributed by atoms with van der Waals surface area (Å²) in [5, 5.41) is 2.00. The molecule has 2 heterocycles. The van der Waals surface area contributed by atoms with Crippen LogP contribution in [-0.2, 0) is 0 Å². The van der Waals surface area contributed by atoms with Crippen LogP contribution in [-0.4, -0.2) is 27.5 Å². The maximum absolute atomic E-state index is 12.6. The molecule has 4 nitrogen and oxygen atoms in total. The standard InChI is InChI=1S/C15H16F3N3O/c1-8-12(14(22)20-9(2)15(16,17)18)6-5-11-7-19-13(21(8)11)10-3-4-10/h5-7,9-10H,3-4H2,1-2H3,(H,20,22)/t9-/m1/s1. The molecule has 0 aromatic carbocycles. The lowest BCUT2D eigenvalue weighted by molar-refractivity contribution is -0.149. The van der Waals surface area contributed by atoms with Crippen LogP contribution in [0, 0.1) is 6.92 Å². The molecule has 1 amide bonds. The Morgan fingerprint density at radius 2 is 2.09 bits per heavy atom. The minimum Gasteiger partial charge on any atom is -0.340 e. The molecule has 118 valence electrons. The van der Waals surface area contributed by atoms with Crippen molar-refractivity contribution in [2.24, 2.45) is 0 Å². The van der Waals surface area contributed by atoms with Crippen LogP contribution in [0.1, 0.15) is 47.6 Å². The number of amides is 1. The number of aryl methyl sites for hydroxylation is 1. The van der Waals surface area contributed by atoms with Gasteiger partial charge >= 0.3 is 6.18 Å². The molecule has 1 fully saturated rings. The van der Waals surface area contributed by atoms with Crippen LogP contribution >= 0.6 is 0 Å². The van der Waals surface area contributed by atoms with E-state index >= 15 is 0 Å². The highest BCUT2D eigenvalue weighted by atomic mass is 19.4. The molecule has 1 saturated carbocycles. The molecule has 0 radical (unpaired) electrons. The van der Waals surface area contributed by atoms with E-state index in [1.54, 1.807) is 25.3 Å². The molecule has 7 heteroatoms. The van der Waals surface area contributed by atoms with Crippen LogP contribution in [0.15, 0.2) is 18.3 Å². The quantitative estimate of drug-likeness (QED) is 0.946. The third-order valence-electron chi connectivity index (χ3n) is 3.99. The molecule has 1 N–H and O–H groups in total. The number of hydrogen-bond acceptors (Lipinski definition) is 2. The van der Waals surface area contributed by atoms with Gasteiger partial charge in [-0.2, -0.15) is 13.2 Å². The van der Waals surface area contributed by atoms with Crippen LogP contribution in [0.3, 0.4) is 0 Å². The zero-order valence-corrected chi connectivity index (χ0v) is 12.2. The lowest BCUT2D eigenvalue weighted by atomic mass is 10.1. The number of rotatable bonds is 3. The summed E-state index contributed by atoms with van der Waals surface area (Å²) in [6.07, 6.45) is -0.622. The van der Waals surface area contributed by atoms with E-state index in [0.29, 0.717) is 11.6 Å². The second-order valence-corrected chi connectivity index (χ2v) is 5.72. The second kappa shape index (κ2) is 5.00. The van der Waals surface area contributed by atoms with E-state index in [9.17, 15) is 18.0 Å². The first kappa shape index (κ1) is 14.9. The van der Waals surface area contributed by atoms with Crippen LogP contribution in [0.5, 0.6) is 0 Å². The summed E-state index contributed by atoms with van der Waals surface area (Å²) in [6.45, 7) is 2.66. The summed E-state index contributed by atoms with van der Waals surface area (Å²) in [5.74, 6) is 0.541. The summed E-state index contributed by atoms with van der Waals surface area (Å²) in [5.41, 5.74) is 1.70. The minimum atomic E-state index is -4.46. The number of carbonyl (C=O) groups excluding carboxylic acids is 1. The van der Waals surface area contributed by atoms with Gasteiger partial charge in [0.1, 0.15) is 11.9 Å². The van der Waals surface area contributed by atoms with Crippen molar-refractivity contribution in [1.29, 1.82) is 0 Å². The first-order valence-electron chi connectivity index (χ1n) is 7.13. The molecule has 3 rings (SSSR count). The lowest BCUT2D eigenvalue weighted by Crippen LogP contribution is -2.43. The van der Waals surface area contributed by atoms with E-state index in [1.807, 2.05) is 9.72 Å². The summed E-state index contributed by atoms with van der Waals surface area (Å²) in [7, 11) is 0. The Bertz CT molecular complexity index is 731. The van der Waals surface area contributed by atoms with Crippen LogP contribution in [0.4, 0.5) is 13.2 Å². The summed E-state index contributed by atoms with van der Waals surface area (Å²) < 4.78 is 39.6. The molecule has 0 unspecified atom stereocenters. The van der Waals surface area contributed by atoms with Gasteiger partial charge in [0.2, 0.25) is 0 Å². The highest BCUT2D eigenvalue weighted by Crippen LogP contribution is 2.39. The summed E-state index contributed by atoms with van der Waals surface area (Å²) in [4.78, 5) is 16.5. The summed E-state index contributed by atoms with van der Waals surface area (Å²) >= 11 is 0. The molecule has 2 aromatic heterocycles. The largest absolute Gasteiger partial charge is 0.408 e. The number of nitrogens with zero attached hydrogens (tertiary/aromatic N) is 2. The molecule has 2 aromatic rings. The number of nitrogens with one attached hydrogen (secondary N) is 1. The maximum Gasteiger partial charge on any atom is 0.408 e. The number of carbonyl (C=O) groups is 1. The predicted octanol–water partition coefficient (Wildman–Crippen LogP) is 3.20. The molecule has 1 atom stereocenters. The van der Waals surface area contributed by atoms with Crippen molar-refractivity contribution in [2.75, 3.05) is 0 Å². The van der Waals surface area contributed by atoms with Crippen molar-refractivity contribution in [1.82, 2.24) is 14.7 Å². The van der Waals surface area contributed by atoms with Gasteiger partial charge in [-0.1, -0.05) is 0 Å². The average molecular weight is 311 g/mol. The van der Waals surface area contributed by atoms with Crippen molar-refractivity contribution in [3.05, 3.63) is 35.4 Å². The van der Waals surface area contributed by atoms with Crippen LogP contribution < -0.4 is 5.32 Å². The Labute approximate surface area is 125 Å². The minimum absolute atomic E-state index is 0.239. The van der Waals surface area contributed by atoms with Gasteiger partial charge in [-0.15, -0.1) is 0 Å². The Hall–Kier alpha value is -2.05. The lowest BCUT2D eigenvalue weighted by Gasteiger charge is -2.18. The SMILES string of the molecule is Cc1c(C(=O)N[C@H](C)C(F)(F)F)ccc2cnc(C3CC3)n12. The van der Waals surface area contributed by atoms with E-state index in [2.05, 4.69) is 4.98 Å². The topological polar surface area (TPSA) is 46.4 Å². The zero-order valence-electron chi connectivity index (χ0n) is 12.2. The molecule has 0 spiro atoms. The van der Waals surface area contributed by atoms with Gasteiger partial charge in [0.25, 0.3) is 5.91 Å². The fourth-order valence-electron chi connectivity index (χ4n) is 2.50. The molecule has 0 aliphatic heterocycles. The Morgan fingerprint density at radius 1 is 1.41 bits per heavy atom. The van der Waals surface area contributed by atoms with Crippen molar-refractivity contribution >= 4 is 11.4 Å². The first-order chi connectivity index (χ1) is 10.3. The molecule has 0 saturated heterocycles. The third-order valence-corrected chi connectivity index (χ3v) is 3.99. The second-order valence-electron chi connectivity index (χ2n) is 5.72. The molecule has 1 aliphatic carbocycles. The van der Waals surface area contributed by atoms with Gasteiger partial charge in [0.15, 0.2) is 0 Å². The maximum atomic E-state index is 12.6. The van der Waals surface area contributed by atoms with Crippen LogP contribution in [0.25, 0.3) is 5.52 Å². The Morgan fingerprint density at radius 3 is 2.68 bits per heavy atom. The van der Waals surface area contributed by atoms with Crippen molar-refractivity contribution in [3.8, 4) is 0 Å². The van der Waals surface area contributed by atoms with E-state index < -0.39 is 18.1 Å². The smallest absolute Gasteiger partial charge is 0.340 e. The highest BCUT2D eigenvalue weighted by Gasteiger charge is 2.37. The zero-order chi connectivity index (χ0) is 16.1. The van der Waals surface area contributed by atoms with E-state index in [1.165, 1.54) is 0 Å². The number of aromatic nitrogens is 2. The van der Waals surface area contributed by atoms with Gasteiger partial charge < -0.3 is 5.32 Å². The monoisotopic (exact) mass is 311 g/mol. The molecule has 1 aliphatic rings. The van der Waals surface area contributed by atoms with Gasteiger partial charge in [0.05, 0.1) is 17.3 Å². The average Bonchev–Trinajstić information content (AvgIpc) is 3.17. The number of alkyl halides is 3. The number of pyridine rings is 1. The van der Waals surface area contributed by atoms with Crippen molar-refractivity contribution < 1.29 is 18.0 Å². The molecule has 22 heavy (non-hydrogen) atoms. The highest BCUT2D eigenvalue weighted by molar-refractivity contribution is 5.96. The van der Waals surface area contributed by atoms with Gasteiger partial charge in [-0.3, -0.25) is 9.20 Å². The Kier molecular flexibility index (Phi) is 3.38. The normalized spacial score (nSPS) is 16.8. The predicted molar refractivity (Wildman–Crippen MR) is 74.9 cm³/mol. The number of fused-ring (bicyclic) bond motifs is 1. The van der Waals surface area contributed by atoms with E-state index in [4.69, 9.17) is 0 Å². The van der Waals surface area contributed by atoms with Crippen molar-refractivity contribution in [2.45, 2.75) is 44.8 Å². The van der Waals surface area contributed by atoms with Gasteiger partial charge in [-0.05, 0) is 38.8 Å². The third kappa shape index (κ3) is 2.55. The number of hydrogen-bond donors (Lipinski definition) is 1. The van der Waals surface area contributed by atoms with Gasteiger partial charge in [-0.25, -0.2) is 4.98 Å². The fourth-order valence-corrected chi connectivity index (χ4v) is 2.50. The molecular weight excluding hydrogens is 295 g/mol. The number of imidazole rings is 1.